The minimum atomic E-state index is -5.11. The number of amides is 2. The van der Waals surface area contributed by atoms with E-state index >= 15 is 4.79 Å². The number of fused-ring (bicyclic) bond motifs is 1. The van der Waals surface area contributed by atoms with Crippen molar-refractivity contribution in [2.24, 2.45) is 10.9 Å². The fraction of sp³-hybridized carbons (Fsp3) is 0.396. The first kappa shape index (κ1) is 47.4. The summed E-state index contributed by atoms with van der Waals surface area (Å²) in [5, 5.41) is 3.33. The predicted octanol–water partition coefficient (Wildman–Crippen LogP) is 10.8. The first-order valence-electron chi connectivity index (χ1n) is 20.8. The van der Waals surface area contributed by atoms with Crippen molar-refractivity contribution in [3.05, 3.63) is 141 Å². The van der Waals surface area contributed by atoms with Crippen LogP contribution >= 0.6 is 35.0 Å². The molecule has 2 aliphatic rings. The van der Waals surface area contributed by atoms with E-state index in [9.17, 15) is 18.0 Å². The van der Waals surface area contributed by atoms with Crippen LogP contribution in [0.25, 0.3) is 0 Å². The minimum absolute atomic E-state index is 0.0299. The molecule has 0 spiro atoms. The molecule has 0 N–H and O–H groups in total. The summed E-state index contributed by atoms with van der Waals surface area (Å²) in [7, 11) is -2.04. The molecule has 4 aromatic rings. The number of hydrogen-bond donors (Lipinski definition) is 0. The van der Waals surface area contributed by atoms with Crippen LogP contribution in [0.3, 0.4) is 0 Å². The molecule has 0 fully saturated rings. The standard InChI is InChI=1S/C48H55Cl2F3N4O3SSi/c1-31(2)40-41(61-45-54-47(8,34-22-26-36(50)27-23-34)42(57(40)45)33-20-24-35(49)25-21-33)43(58)56(32(3)4)29-28-37(55(9)44(59)48(51,52)53)30-60-62(46(5,6)7,38-16-12-10-13-17-38)39-18-14-11-15-19-39/h10-27,31-32,37,42H,28-30H2,1-9H3/t37-,42+,47-/m0/s1. The van der Waals surface area contributed by atoms with Crippen molar-refractivity contribution in [1.82, 2.24) is 14.7 Å². The second kappa shape index (κ2) is 18.6. The number of aliphatic imine (C=N–C) groups is 1. The van der Waals surface area contributed by atoms with Gasteiger partial charge >= 0.3 is 12.1 Å². The zero-order valence-corrected chi connectivity index (χ0v) is 40.0. The summed E-state index contributed by atoms with van der Waals surface area (Å²) in [6, 6.07) is 33.2. The number of carbonyl (C=O) groups excluding carboxylic acids is 2. The highest BCUT2D eigenvalue weighted by Gasteiger charge is 2.54. The molecular weight excluding hydrogens is 869 g/mol. The summed E-state index contributed by atoms with van der Waals surface area (Å²) in [6.45, 7) is 16.1. The van der Waals surface area contributed by atoms with Gasteiger partial charge in [-0.3, -0.25) is 9.59 Å². The van der Waals surface area contributed by atoms with E-state index in [0.717, 1.165) is 32.1 Å². The highest BCUT2D eigenvalue weighted by atomic mass is 35.5. The molecule has 0 saturated carbocycles. The molecule has 2 aliphatic heterocycles. The molecule has 3 atom stereocenters. The average molecular weight is 924 g/mol. The number of halogens is 5. The van der Waals surface area contributed by atoms with Gasteiger partial charge in [0.05, 0.1) is 18.7 Å². The Labute approximate surface area is 379 Å². The summed E-state index contributed by atoms with van der Waals surface area (Å²) < 4.78 is 49.6. The van der Waals surface area contributed by atoms with E-state index in [0.29, 0.717) is 20.1 Å². The Kier molecular flexibility index (Phi) is 14.2. The number of benzene rings is 4. The van der Waals surface area contributed by atoms with Crippen molar-refractivity contribution in [2.75, 3.05) is 20.2 Å². The molecule has 0 aromatic heterocycles. The van der Waals surface area contributed by atoms with Gasteiger partial charge in [0.2, 0.25) is 0 Å². The topological polar surface area (TPSA) is 65.5 Å². The quantitative estimate of drug-likeness (QED) is 0.118. The smallest absolute Gasteiger partial charge is 0.405 e. The van der Waals surface area contributed by atoms with Crippen molar-refractivity contribution in [3.8, 4) is 0 Å². The molecule has 0 aliphatic carbocycles. The molecule has 2 heterocycles. The number of amidine groups is 1. The molecule has 330 valence electrons. The summed E-state index contributed by atoms with van der Waals surface area (Å²) in [5.74, 6) is -2.35. The third-order valence-electron chi connectivity index (χ3n) is 12.0. The lowest BCUT2D eigenvalue weighted by atomic mass is 9.81. The van der Waals surface area contributed by atoms with Crippen LogP contribution < -0.4 is 10.4 Å². The first-order chi connectivity index (χ1) is 29.1. The van der Waals surface area contributed by atoms with Gasteiger partial charge in [-0.05, 0) is 95.7 Å². The van der Waals surface area contributed by atoms with E-state index in [1.807, 2.05) is 137 Å². The SMILES string of the molecule is CC(C)C1=C(C(=O)N(CC[C@@H](CO[Si](c2ccccc2)(c2ccccc2)C(C)(C)C)N(C)C(=O)C(F)(F)F)C(C)C)SC2=N[C@@](C)(c3ccc(Cl)cc3)[C@@H](c3ccc(Cl)cc3)N21. The van der Waals surface area contributed by atoms with Gasteiger partial charge in [0.25, 0.3) is 14.2 Å². The fourth-order valence-electron chi connectivity index (χ4n) is 8.81. The molecule has 0 bridgehead atoms. The third-order valence-corrected chi connectivity index (χ3v) is 18.5. The number of alkyl halides is 3. The highest BCUT2D eigenvalue weighted by molar-refractivity contribution is 8.18. The number of allylic oxidation sites excluding steroid dienone is 1. The van der Waals surface area contributed by atoms with Crippen molar-refractivity contribution in [1.29, 1.82) is 0 Å². The Hall–Kier alpha value is -4.07. The van der Waals surface area contributed by atoms with Gasteiger partial charge in [0, 0.05) is 35.4 Å². The molecule has 6 rings (SSSR count). The van der Waals surface area contributed by atoms with Crippen LogP contribution in [0.4, 0.5) is 13.2 Å². The molecule has 62 heavy (non-hydrogen) atoms. The molecule has 0 saturated heterocycles. The van der Waals surface area contributed by atoms with Crippen LogP contribution in [-0.2, 0) is 19.6 Å². The number of hydrogen-bond acceptors (Lipinski definition) is 6. The van der Waals surface area contributed by atoms with E-state index in [2.05, 4.69) is 32.6 Å². The number of thioether (sulfide) groups is 1. The maximum Gasteiger partial charge on any atom is 0.471 e. The van der Waals surface area contributed by atoms with E-state index < -0.39 is 37.0 Å². The van der Waals surface area contributed by atoms with Crippen LogP contribution in [0.5, 0.6) is 0 Å². The second-order valence-electron chi connectivity index (χ2n) is 17.8. The third kappa shape index (κ3) is 9.27. The summed E-state index contributed by atoms with van der Waals surface area (Å²) in [5.41, 5.74) is 1.95. The van der Waals surface area contributed by atoms with E-state index in [1.165, 1.54) is 18.8 Å². The van der Waals surface area contributed by atoms with E-state index in [4.69, 9.17) is 32.6 Å². The Balaban J connectivity index is 1.36. The molecule has 0 unspecified atom stereocenters. The van der Waals surface area contributed by atoms with Crippen molar-refractivity contribution in [2.45, 2.75) is 96.7 Å². The van der Waals surface area contributed by atoms with Crippen molar-refractivity contribution < 1.29 is 27.2 Å². The largest absolute Gasteiger partial charge is 0.471 e. The molecule has 7 nitrogen and oxygen atoms in total. The lowest BCUT2D eigenvalue weighted by Crippen LogP contribution is -2.67. The van der Waals surface area contributed by atoms with Crippen LogP contribution in [0, 0.1) is 5.92 Å². The highest BCUT2D eigenvalue weighted by Crippen LogP contribution is 2.56. The number of carbonyl (C=O) groups is 2. The van der Waals surface area contributed by atoms with Gasteiger partial charge < -0.3 is 19.1 Å². The van der Waals surface area contributed by atoms with Gasteiger partial charge in [-0.1, -0.05) is 143 Å². The lowest BCUT2D eigenvalue weighted by Gasteiger charge is -2.44. The zero-order chi connectivity index (χ0) is 45.4. The molecule has 14 heteroatoms. The molecule has 0 radical (unpaired) electrons. The van der Waals surface area contributed by atoms with Gasteiger partial charge in [-0.2, -0.15) is 13.2 Å². The zero-order valence-electron chi connectivity index (χ0n) is 36.6. The van der Waals surface area contributed by atoms with Gasteiger partial charge in [0.15, 0.2) is 5.17 Å². The van der Waals surface area contributed by atoms with Crippen LogP contribution in [0.15, 0.2) is 125 Å². The number of rotatable bonds is 14. The minimum Gasteiger partial charge on any atom is -0.405 e. The number of nitrogens with zero attached hydrogens (tertiary/aromatic N) is 4. The summed E-state index contributed by atoms with van der Waals surface area (Å²) in [6.07, 6.45) is -5.08. The van der Waals surface area contributed by atoms with Gasteiger partial charge in [-0.15, -0.1) is 0 Å². The fourth-order valence-corrected chi connectivity index (χ4v) is 15.0. The van der Waals surface area contributed by atoms with Crippen LogP contribution in [-0.4, -0.2) is 78.5 Å². The van der Waals surface area contributed by atoms with Crippen molar-refractivity contribution >= 4 is 70.6 Å². The van der Waals surface area contributed by atoms with Gasteiger partial charge in [0.1, 0.15) is 10.4 Å². The molecule has 4 aromatic carbocycles. The van der Waals surface area contributed by atoms with Crippen LogP contribution in [0.1, 0.15) is 79.0 Å². The van der Waals surface area contributed by atoms with E-state index in [1.54, 1.807) is 4.90 Å². The van der Waals surface area contributed by atoms with Gasteiger partial charge in [-0.25, -0.2) is 4.99 Å². The average Bonchev–Trinajstić information content (AvgIpc) is 3.72. The summed E-state index contributed by atoms with van der Waals surface area (Å²) >= 11 is 14.0. The predicted molar refractivity (Wildman–Crippen MR) is 249 cm³/mol. The van der Waals surface area contributed by atoms with E-state index in [-0.39, 0.29) is 43.5 Å². The Morgan fingerprint density at radius 3 is 1.84 bits per heavy atom. The van der Waals surface area contributed by atoms with Crippen molar-refractivity contribution in [3.63, 3.8) is 0 Å². The maximum atomic E-state index is 15.0. The van der Waals surface area contributed by atoms with Crippen LogP contribution in [0.2, 0.25) is 15.1 Å². The molecule has 2 amide bonds. The Morgan fingerprint density at radius 2 is 1.37 bits per heavy atom. The maximum absolute atomic E-state index is 15.0. The first-order valence-corrected chi connectivity index (χ1v) is 24.3. The molecular formula is C48H55Cl2F3N4O3SSi. The summed E-state index contributed by atoms with van der Waals surface area (Å²) in [4.78, 5) is 38.5. The Morgan fingerprint density at radius 1 is 0.855 bits per heavy atom. The Bertz CT molecular complexity index is 2250. The normalized spacial score (nSPS) is 18.6. The lowest BCUT2D eigenvalue weighted by molar-refractivity contribution is -0.187. The second-order valence-corrected chi connectivity index (χ2v) is 23.9. The number of likely N-dealkylation sites (N-methyl/N-ethyl adjacent to an activating group) is 1. The monoisotopic (exact) mass is 922 g/mol.